The topological polar surface area (TPSA) is 35.2 Å². The molecule has 2 rings (SSSR count). The maximum Gasteiger partial charge on any atom is 0.0735 e. The lowest BCUT2D eigenvalue weighted by Gasteiger charge is -2.19. The highest BCUT2D eigenvalue weighted by Crippen LogP contribution is 2.29. The Morgan fingerprint density at radius 3 is 2.82 bits per heavy atom. The van der Waals surface area contributed by atoms with Crippen LogP contribution >= 0.6 is 23.2 Å². The van der Waals surface area contributed by atoms with Gasteiger partial charge in [0.2, 0.25) is 0 Å². The van der Waals surface area contributed by atoms with E-state index >= 15 is 0 Å². The first-order valence-corrected chi connectivity index (χ1v) is 6.72. The van der Waals surface area contributed by atoms with Crippen molar-refractivity contribution >= 4 is 23.2 Å². The summed E-state index contributed by atoms with van der Waals surface area (Å²) in [4.78, 5) is 0. The van der Waals surface area contributed by atoms with Crippen molar-refractivity contribution in [1.82, 2.24) is 0 Å². The van der Waals surface area contributed by atoms with Crippen molar-refractivity contribution in [3.63, 3.8) is 0 Å². The van der Waals surface area contributed by atoms with Gasteiger partial charge in [0, 0.05) is 10.0 Å². The zero-order chi connectivity index (χ0) is 12.3. The van der Waals surface area contributed by atoms with Crippen molar-refractivity contribution in [1.29, 1.82) is 0 Å². The summed E-state index contributed by atoms with van der Waals surface area (Å²) in [7, 11) is 0. The van der Waals surface area contributed by atoms with Gasteiger partial charge in [-0.25, -0.2) is 0 Å². The maximum atomic E-state index is 6.10. The van der Waals surface area contributed by atoms with E-state index in [0.717, 1.165) is 12.0 Å². The highest BCUT2D eigenvalue weighted by molar-refractivity contribution is 6.35. The molecule has 2 N–H and O–H groups in total. The first-order valence-electron chi connectivity index (χ1n) is 5.96. The van der Waals surface area contributed by atoms with Crippen molar-refractivity contribution < 1.29 is 4.74 Å². The number of halogens is 2. The maximum absolute atomic E-state index is 6.10. The zero-order valence-electron chi connectivity index (χ0n) is 9.66. The van der Waals surface area contributed by atoms with Crippen LogP contribution in [-0.2, 0) is 11.3 Å². The predicted octanol–water partition coefficient (Wildman–Crippen LogP) is 3.64. The highest BCUT2D eigenvalue weighted by atomic mass is 35.5. The molecular weight excluding hydrogens is 257 g/mol. The number of ether oxygens (including phenoxy) is 1. The fourth-order valence-electron chi connectivity index (χ4n) is 2.33. The normalized spacial score (nSPS) is 24.2. The average molecular weight is 274 g/mol. The quantitative estimate of drug-likeness (QED) is 0.909. The Morgan fingerprint density at radius 2 is 2.12 bits per heavy atom. The van der Waals surface area contributed by atoms with E-state index in [4.69, 9.17) is 33.7 Å². The number of hydrogen-bond donors (Lipinski definition) is 1. The lowest BCUT2D eigenvalue weighted by atomic mass is 10.1. The van der Waals surface area contributed by atoms with Gasteiger partial charge < -0.3 is 10.5 Å². The zero-order valence-corrected chi connectivity index (χ0v) is 11.2. The van der Waals surface area contributed by atoms with Crippen LogP contribution in [0.25, 0.3) is 0 Å². The van der Waals surface area contributed by atoms with Crippen LogP contribution in [-0.4, -0.2) is 12.6 Å². The number of rotatable bonds is 4. The third kappa shape index (κ3) is 3.35. The molecule has 2 nitrogen and oxygen atoms in total. The molecule has 1 fully saturated rings. The van der Waals surface area contributed by atoms with E-state index in [2.05, 4.69) is 0 Å². The third-order valence-electron chi connectivity index (χ3n) is 3.36. The number of nitrogens with two attached hydrogens (primary N) is 1. The predicted molar refractivity (Wildman–Crippen MR) is 71.4 cm³/mol. The first kappa shape index (κ1) is 13.2. The molecule has 1 aliphatic carbocycles. The second-order valence-corrected chi connectivity index (χ2v) is 5.36. The van der Waals surface area contributed by atoms with Gasteiger partial charge in [-0.05, 0) is 43.0 Å². The van der Waals surface area contributed by atoms with Gasteiger partial charge >= 0.3 is 0 Å². The SMILES string of the molecule is NCC1CCCC1OCc1ccc(Cl)cc1Cl. The van der Waals surface area contributed by atoms with Crippen molar-refractivity contribution in [3.8, 4) is 0 Å². The van der Waals surface area contributed by atoms with Crippen molar-refractivity contribution in [2.45, 2.75) is 32.0 Å². The van der Waals surface area contributed by atoms with Gasteiger partial charge in [-0.1, -0.05) is 35.7 Å². The van der Waals surface area contributed by atoms with E-state index in [1.165, 1.54) is 12.8 Å². The van der Waals surface area contributed by atoms with E-state index in [0.29, 0.717) is 29.1 Å². The van der Waals surface area contributed by atoms with E-state index in [9.17, 15) is 0 Å². The molecule has 1 aromatic carbocycles. The molecule has 1 saturated carbocycles. The second kappa shape index (κ2) is 6.05. The summed E-state index contributed by atoms with van der Waals surface area (Å²) in [6.45, 7) is 1.25. The van der Waals surface area contributed by atoms with Crippen LogP contribution in [0.5, 0.6) is 0 Å². The van der Waals surface area contributed by atoms with Crippen LogP contribution in [0, 0.1) is 5.92 Å². The third-order valence-corrected chi connectivity index (χ3v) is 3.95. The van der Waals surface area contributed by atoms with Gasteiger partial charge in [0.15, 0.2) is 0 Å². The molecule has 0 amide bonds. The van der Waals surface area contributed by atoms with Crippen molar-refractivity contribution in [3.05, 3.63) is 33.8 Å². The van der Waals surface area contributed by atoms with Gasteiger partial charge in [0.1, 0.15) is 0 Å². The summed E-state index contributed by atoms with van der Waals surface area (Å²) < 4.78 is 5.91. The van der Waals surface area contributed by atoms with E-state index in [1.807, 2.05) is 12.1 Å². The van der Waals surface area contributed by atoms with Crippen LogP contribution in [0.15, 0.2) is 18.2 Å². The Balaban J connectivity index is 1.93. The summed E-state index contributed by atoms with van der Waals surface area (Å²) in [5.41, 5.74) is 6.70. The molecular formula is C13H17Cl2NO. The van der Waals surface area contributed by atoms with Gasteiger partial charge in [-0.2, -0.15) is 0 Å². The minimum absolute atomic E-state index is 0.284. The van der Waals surface area contributed by atoms with Gasteiger partial charge in [-0.15, -0.1) is 0 Å². The van der Waals surface area contributed by atoms with Crippen LogP contribution in [0.3, 0.4) is 0 Å². The number of benzene rings is 1. The van der Waals surface area contributed by atoms with Gasteiger partial charge in [0.25, 0.3) is 0 Å². The Bertz CT molecular complexity index is 384. The minimum Gasteiger partial charge on any atom is -0.373 e. The summed E-state index contributed by atoms with van der Waals surface area (Å²) >= 11 is 11.9. The van der Waals surface area contributed by atoms with Gasteiger partial charge in [0.05, 0.1) is 12.7 Å². The lowest BCUT2D eigenvalue weighted by Crippen LogP contribution is -2.25. The van der Waals surface area contributed by atoms with Crippen LogP contribution < -0.4 is 5.73 Å². The molecule has 94 valence electrons. The Hall–Kier alpha value is -0.280. The summed E-state index contributed by atoms with van der Waals surface area (Å²) in [6, 6.07) is 5.50. The van der Waals surface area contributed by atoms with E-state index < -0.39 is 0 Å². The molecule has 0 bridgehead atoms. The number of hydrogen-bond acceptors (Lipinski definition) is 2. The second-order valence-electron chi connectivity index (χ2n) is 4.51. The molecule has 1 aliphatic rings. The molecule has 2 atom stereocenters. The van der Waals surface area contributed by atoms with Crippen LogP contribution in [0.4, 0.5) is 0 Å². The molecule has 0 aromatic heterocycles. The molecule has 0 spiro atoms. The Labute approximate surface area is 112 Å². The summed E-state index contributed by atoms with van der Waals surface area (Å²) in [6.07, 6.45) is 3.77. The molecule has 1 aromatic rings. The fourth-order valence-corrected chi connectivity index (χ4v) is 2.79. The molecule has 2 unspecified atom stereocenters. The summed E-state index contributed by atoms with van der Waals surface area (Å²) in [5.74, 6) is 0.501. The standard InChI is InChI=1S/C13H17Cl2NO/c14-11-5-4-10(12(15)6-11)8-17-13-3-1-2-9(13)7-16/h4-6,9,13H,1-3,7-8,16H2. The average Bonchev–Trinajstić information content (AvgIpc) is 2.75. The van der Waals surface area contributed by atoms with Crippen molar-refractivity contribution in [2.75, 3.05) is 6.54 Å². The van der Waals surface area contributed by atoms with Crippen molar-refractivity contribution in [2.24, 2.45) is 11.7 Å². The fraction of sp³-hybridized carbons (Fsp3) is 0.538. The van der Waals surface area contributed by atoms with Crippen LogP contribution in [0.1, 0.15) is 24.8 Å². The Kier molecular flexibility index (Phi) is 4.69. The van der Waals surface area contributed by atoms with Crippen LogP contribution in [0.2, 0.25) is 10.0 Å². The smallest absolute Gasteiger partial charge is 0.0735 e. The molecule has 0 radical (unpaired) electrons. The highest BCUT2D eigenvalue weighted by Gasteiger charge is 2.26. The minimum atomic E-state index is 0.284. The monoisotopic (exact) mass is 273 g/mol. The van der Waals surface area contributed by atoms with E-state index in [1.54, 1.807) is 6.07 Å². The summed E-state index contributed by atoms with van der Waals surface area (Å²) in [5, 5.41) is 1.32. The Morgan fingerprint density at radius 1 is 1.29 bits per heavy atom. The molecule has 0 heterocycles. The molecule has 4 heteroatoms. The molecule has 0 saturated heterocycles. The first-order chi connectivity index (χ1) is 8.20. The van der Waals surface area contributed by atoms with Gasteiger partial charge in [-0.3, -0.25) is 0 Å². The molecule has 0 aliphatic heterocycles. The largest absolute Gasteiger partial charge is 0.373 e. The van der Waals surface area contributed by atoms with E-state index in [-0.39, 0.29) is 6.10 Å². The molecule has 17 heavy (non-hydrogen) atoms. The lowest BCUT2D eigenvalue weighted by molar-refractivity contribution is 0.0183.